The molecule has 0 unspecified atom stereocenters. The summed E-state index contributed by atoms with van der Waals surface area (Å²) in [5, 5.41) is 1.90. The van der Waals surface area contributed by atoms with Gasteiger partial charge in [0.15, 0.2) is 5.60 Å². The van der Waals surface area contributed by atoms with Gasteiger partial charge in [-0.3, -0.25) is 0 Å². The number of benzene rings is 6. The molecule has 0 N–H and O–H groups in total. The minimum atomic E-state index is -0.978. The summed E-state index contributed by atoms with van der Waals surface area (Å²) in [5.41, 5.74) is 10.4. The summed E-state index contributed by atoms with van der Waals surface area (Å²) in [6, 6.07) is 51.2. The SMILES string of the molecule is CCOC(=O)c1ccc2c3c(ccc2c1)OC(c1ccccc1)(c1ccccc1)C3=C=C(c1ccccc1)c1ccccc1. The highest BCUT2D eigenvalue weighted by molar-refractivity contribution is 6.05. The monoisotopic (exact) mass is 570 g/mol. The van der Waals surface area contributed by atoms with Gasteiger partial charge in [0, 0.05) is 22.3 Å². The zero-order valence-electron chi connectivity index (χ0n) is 24.4. The summed E-state index contributed by atoms with van der Waals surface area (Å²) >= 11 is 0. The maximum absolute atomic E-state index is 12.7. The van der Waals surface area contributed by atoms with Gasteiger partial charge in [-0.15, -0.1) is 5.73 Å². The van der Waals surface area contributed by atoms with E-state index in [9.17, 15) is 4.79 Å². The lowest BCUT2D eigenvalue weighted by Crippen LogP contribution is -2.31. The number of hydrogen-bond donors (Lipinski definition) is 0. The van der Waals surface area contributed by atoms with E-state index in [0.29, 0.717) is 12.2 Å². The van der Waals surface area contributed by atoms with Crippen LogP contribution in [0.25, 0.3) is 21.9 Å². The van der Waals surface area contributed by atoms with E-state index in [2.05, 4.69) is 78.5 Å². The Morgan fingerprint density at radius 1 is 0.659 bits per heavy atom. The fourth-order valence-corrected chi connectivity index (χ4v) is 6.10. The Bertz CT molecular complexity index is 1940. The second kappa shape index (κ2) is 11.6. The van der Waals surface area contributed by atoms with Crippen LogP contribution in [0.15, 0.2) is 157 Å². The molecule has 0 spiro atoms. The van der Waals surface area contributed by atoms with E-state index in [0.717, 1.165) is 55.5 Å². The fourth-order valence-electron chi connectivity index (χ4n) is 6.10. The summed E-state index contributed by atoms with van der Waals surface area (Å²) in [4.78, 5) is 12.7. The number of esters is 1. The van der Waals surface area contributed by atoms with Crippen LogP contribution in [0.1, 0.15) is 45.1 Å². The van der Waals surface area contributed by atoms with Crippen LogP contribution in [0.3, 0.4) is 0 Å². The van der Waals surface area contributed by atoms with Crippen LogP contribution in [-0.2, 0) is 10.3 Å². The largest absolute Gasteiger partial charge is 0.472 e. The first-order valence-electron chi connectivity index (χ1n) is 14.9. The number of fused-ring (bicyclic) bond motifs is 3. The van der Waals surface area contributed by atoms with Gasteiger partial charge < -0.3 is 9.47 Å². The minimum absolute atomic E-state index is 0.324. The zero-order chi connectivity index (χ0) is 29.9. The summed E-state index contributed by atoms with van der Waals surface area (Å²) in [7, 11) is 0. The van der Waals surface area contributed by atoms with Gasteiger partial charge in [0.05, 0.1) is 17.7 Å². The van der Waals surface area contributed by atoms with Gasteiger partial charge in [0.1, 0.15) is 5.75 Å². The highest BCUT2D eigenvalue weighted by Crippen LogP contribution is 2.55. The molecule has 212 valence electrons. The Morgan fingerprint density at radius 2 is 1.20 bits per heavy atom. The summed E-state index contributed by atoms with van der Waals surface area (Å²) < 4.78 is 12.5. The molecule has 7 rings (SSSR count). The number of hydrogen-bond acceptors (Lipinski definition) is 3. The van der Waals surface area contributed by atoms with Crippen LogP contribution in [0.2, 0.25) is 0 Å². The maximum Gasteiger partial charge on any atom is 0.338 e. The van der Waals surface area contributed by atoms with Crippen LogP contribution in [0.4, 0.5) is 0 Å². The second-order valence-corrected chi connectivity index (χ2v) is 10.7. The molecule has 0 amide bonds. The van der Waals surface area contributed by atoms with E-state index in [4.69, 9.17) is 9.47 Å². The van der Waals surface area contributed by atoms with Crippen LogP contribution in [0, 0.1) is 0 Å². The van der Waals surface area contributed by atoms with Crippen molar-refractivity contribution in [1.82, 2.24) is 0 Å². The predicted molar refractivity (Wildman–Crippen MR) is 177 cm³/mol. The van der Waals surface area contributed by atoms with Crippen LogP contribution >= 0.6 is 0 Å². The van der Waals surface area contributed by atoms with Gasteiger partial charge in [0.2, 0.25) is 0 Å². The van der Waals surface area contributed by atoms with Crippen molar-refractivity contribution in [3.8, 4) is 5.75 Å². The molecule has 0 bridgehead atoms. The third kappa shape index (κ3) is 4.70. The van der Waals surface area contributed by atoms with Gasteiger partial charge in [-0.2, -0.15) is 0 Å². The molecular formula is C41H30O3. The van der Waals surface area contributed by atoms with E-state index in [-0.39, 0.29) is 5.97 Å². The smallest absolute Gasteiger partial charge is 0.338 e. The fraction of sp³-hybridized carbons (Fsp3) is 0.0732. The van der Waals surface area contributed by atoms with Crippen molar-refractivity contribution in [2.24, 2.45) is 0 Å². The van der Waals surface area contributed by atoms with Gasteiger partial charge in [-0.1, -0.05) is 133 Å². The molecule has 0 atom stereocenters. The van der Waals surface area contributed by atoms with Crippen molar-refractivity contribution in [3.63, 3.8) is 0 Å². The highest BCUT2D eigenvalue weighted by Gasteiger charge is 2.48. The van der Waals surface area contributed by atoms with Crippen LogP contribution in [-0.4, -0.2) is 12.6 Å². The first kappa shape index (κ1) is 27.2. The lowest BCUT2D eigenvalue weighted by molar-refractivity contribution is 0.0526. The van der Waals surface area contributed by atoms with E-state index in [1.54, 1.807) is 0 Å². The number of ether oxygens (including phenoxy) is 2. The van der Waals surface area contributed by atoms with Crippen molar-refractivity contribution in [2.75, 3.05) is 6.61 Å². The molecule has 1 aliphatic rings. The van der Waals surface area contributed by atoms with Gasteiger partial charge in [-0.25, -0.2) is 4.79 Å². The number of carbonyl (C=O) groups excluding carboxylic acids is 1. The zero-order valence-corrected chi connectivity index (χ0v) is 24.4. The Labute approximate surface area is 257 Å². The Hall–Kier alpha value is -5.63. The van der Waals surface area contributed by atoms with Crippen molar-refractivity contribution in [1.29, 1.82) is 0 Å². The van der Waals surface area contributed by atoms with Crippen molar-refractivity contribution in [2.45, 2.75) is 12.5 Å². The third-order valence-corrected chi connectivity index (χ3v) is 8.09. The van der Waals surface area contributed by atoms with E-state index < -0.39 is 5.60 Å². The molecule has 44 heavy (non-hydrogen) atoms. The van der Waals surface area contributed by atoms with E-state index >= 15 is 0 Å². The molecule has 0 aliphatic carbocycles. The molecule has 6 aromatic rings. The van der Waals surface area contributed by atoms with Crippen molar-refractivity contribution in [3.05, 3.63) is 191 Å². The van der Waals surface area contributed by atoms with Crippen LogP contribution in [0.5, 0.6) is 5.75 Å². The number of carbonyl (C=O) groups is 1. The average Bonchev–Trinajstić information content (AvgIpc) is 3.44. The molecular weight excluding hydrogens is 540 g/mol. The predicted octanol–water partition coefficient (Wildman–Crippen LogP) is 9.47. The molecule has 1 aliphatic heterocycles. The Balaban J connectivity index is 1.63. The van der Waals surface area contributed by atoms with E-state index in [1.165, 1.54) is 0 Å². The first-order valence-corrected chi connectivity index (χ1v) is 14.9. The molecule has 0 saturated carbocycles. The molecule has 0 radical (unpaired) electrons. The quantitative estimate of drug-likeness (QED) is 0.148. The molecule has 6 aromatic carbocycles. The van der Waals surface area contributed by atoms with Crippen molar-refractivity contribution < 1.29 is 14.3 Å². The summed E-state index contributed by atoms with van der Waals surface area (Å²) in [6.07, 6.45) is 0. The minimum Gasteiger partial charge on any atom is -0.472 e. The molecule has 0 fully saturated rings. The standard InChI is InChI=1S/C41H30O3/c1-2-43-40(42)32-23-25-35-31(27-32)24-26-38-39(35)37(28-36(29-15-7-3-8-16-29)30-17-9-4-10-18-30)41(44-38,33-19-11-5-12-20-33)34-21-13-6-14-22-34/h3-27H,2H2,1H3. The normalized spacial score (nSPS) is 13.1. The first-order chi connectivity index (χ1) is 21.7. The summed E-state index contributed by atoms with van der Waals surface area (Å²) in [5.74, 6) is 0.428. The molecule has 3 nitrogen and oxygen atoms in total. The second-order valence-electron chi connectivity index (χ2n) is 10.7. The Morgan fingerprint density at radius 3 is 1.75 bits per heavy atom. The molecule has 1 heterocycles. The summed E-state index contributed by atoms with van der Waals surface area (Å²) in [6.45, 7) is 2.14. The van der Waals surface area contributed by atoms with E-state index in [1.807, 2.05) is 85.8 Å². The van der Waals surface area contributed by atoms with Gasteiger partial charge >= 0.3 is 5.97 Å². The topological polar surface area (TPSA) is 35.5 Å². The lowest BCUT2D eigenvalue weighted by Gasteiger charge is -2.31. The maximum atomic E-state index is 12.7. The molecule has 0 saturated heterocycles. The van der Waals surface area contributed by atoms with Crippen LogP contribution < -0.4 is 4.74 Å². The Kier molecular flexibility index (Phi) is 7.16. The molecule has 3 heteroatoms. The average molecular weight is 571 g/mol. The molecule has 0 aromatic heterocycles. The number of rotatable bonds is 6. The third-order valence-electron chi connectivity index (χ3n) is 8.09. The highest BCUT2D eigenvalue weighted by atomic mass is 16.5. The van der Waals surface area contributed by atoms with Crippen molar-refractivity contribution >= 4 is 27.9 Å². The van der Waals surface area contributed by atoms with Gasteiger partial charge in [0.25, 0.3) is 0 Å². The lowest BCUT2D eigenvalue weighted by atomic mass is 9.77. The van der Waals surface area contributed by atoms with Gasteiger partial charge in [-0.05, 0) is 47.0 Å².